The standard InChI is InChI=1S/C11H14N4O2/c1-2-4-15-8-12-6-9(15)7-14-5-3-10(16)13-11(14)17/h3,5-6,8H,2,4,7H2,1H3,(H,13,16,17). The number of hydrogen-bond donors (Lipinski definition) is 1. The second-order valence-electron chi connectivity index (χ2n) is 3.82. The van der Waals surface area contributed by atoms with Crippen molar-refractivity contribution < 1.29 is 0 Å². The van der Waals surface area contributed by atoms with E-state index in [-0.39, 0.29) is 5.56 Å². The van der Waals surface area contributed by atoms with Crippen LogP contribution in [0.15, 0.2) is 34.4 Å². The molecule has 0 spiro atoms. The molecule has 0 atom stereocenters. The molecule has 2 aromatic rings. The molecule has 0 aromatic carbocycles. The van der Waals surface area contributed by atoms with Gasteiger partial charge < -0.3 is 4.57 Å². The summed E-state index contributed by atoms with van der Waals surface area (Å²) < 4.78 is 3.45. The van der Waals surface area contributed by atoms with E-state index in [0.29, 0.717) is 6.54 Å². The molecule has 0 saturated heterocycles. The Labute approximate surface area is 97.6 Å². The number of hydrogen-bond acceptors (Lipinski definition) is 3. The lowest BCUT2D eigenvalue weighted by Gasteiger charge is -2.07. The Balaban J connectivity index is 2.28. The van der Waals surface area contributed by atoms with Gasteiger partial charge in [0.25, 0.3) is 5.56 Å². The Morgan fingerprint density at radius 2 is 2.18 bits per heavy atom. The molecule has 6 heteroatoms. The fourth-order valence-electron chi connectivity index (χ4n) is 1.67. The largest absolute Gasteiger partial charge is 0.333 e. The summed E-state index contributed by atoms with van der Waals surface area (Å²) in [7, 11) is 0. The number of aromatic nitrogens is 4. The van der Waals surface area contributed by atoms with Gasteiger partial charge in [0.1, 0.15) is 0 Å². The van der Waals surface area contributed by atoms with Crippen molar-refractivity contribution in [2.24, 2.45) is 0 Å². The Bertz CT molecular complexity index is 608. The average Bonchev–Trinajstić information content (AvgIpc) is 2.71. The smallest absolute Gasteiger partial charge is 0.328 e. The summed E-state index contributed by atoms with van der Waals surface area (Å²) >= 11 is 0. The van der Waals surface area contributed by atoms with E-state index in [0.717, 1.165) is 18.7 Å². The summed E-state index contributed by atoms with van der Waals surface area (Å²) in [6.45, 7) is 3.36. The van der Waals surface area contributed by atoms with E-state index in [2.05, 4.69) is 16.9 Å². The minimum Gasteiger partial charge on any atom is -0.333 e. The molecule has 0 unspecified atom stereocenters. The van der Waals surface area contributed by atoms with Crippen LogP contribution in [0.5, 0.6) is 0 Å². The summed E-state index contributed by atoms with van der Waals surface area (Å²) in [4.78, 5) is 28.7. The Morgan fingerprint density at radius 1 is 1.35 bits per heavy atom. The molecule has 2 aromatic heterocycles. The topological polar surface area (TPSA) is 72.7 Å². The fraction of sp³-hybridized carbons (Fsp3) is 0.364. The van der Waals surface area contributed by atoms with Crippen molar-refractivity contribution in [3.63, 3.8) is 0 Å². The SMILES string of the molecule is CCCn1cncc1Cn1ccc(=O)[nH]c1=O. The molecule has 0 aliphatic carbocycles. The zero-order valence-electron chi connectivity index (χ0n) is 9.59. The zero-order chi connectivity index (χ0) is 12.3. The van der Waals surface area contributed by atoms with Gasteiger partial charge in [0, 0.05) is 25.0 Å². The molecule has 2 heterocycles. The minimum atomic E-state index is -0.401. The molecule has 0 amide bonds. The van der Waals surface area contributed by atoms with Crippen molar-refractivity contribution in [1.82, 2.24) is 19.1 Å². The summed E-state index contributed by atoms with van der Waals surface area (Å²) in [6, 6.07) is 1.34. The normalized spacial score (nSPS) is 10.6. The first-order valence-corrected chi connectivity index (χ1v) is 5.49. The molecule has 2 rings (SSSR count). The summed E-state index contributed by atoms with van der Waals surface area (Å²) in [5, 5.41) is 0. The molecule has 0 aliphatic rings. The maximum atomic E-state index is 11.5. The lowest BCUT2D eigenvalue weighted by atomic mass is 10.4. The third kappa shape index (κ3) is 2.52. The van der Waals surface area contributed by atoms with E-state index in [9.17, 15) is 9.59 Å². The van der Waals surface area contributed by atoms with Crippen LogP contribution in [0.4, 0.5) is 0 Å². The molecule has 6 nitrogen and oxygen atoms in total. The predicted molar refractivity (Wildman–Crippen MR) is 62.9 cm³/mol. The highest BCUT2D eigenvalue weighted by Crippen LogP contribution is 2.01. The summed E-state index contributed by atoms with van der Waals surface area (Å²) in [5.41, 5.74) is 0.163. The molecular weight excluding hydrogens is 220 g/mol. The van der Waals surface area contributed by atoms with Gasteiger partial charge in [-0.05, 0) is 6.42 Å². The number of nitrogens with zero attached hydrogens (tertiary/aromatic N) is 3. The van der Waals surface area contributed by atoms with Gasteiger partial charge in [0.2, 0.25) is 0 Å². The predicted octanol–water partition coefficient (Wildman–Crippen LogP) is 0.191. The van der Waals surface area contributed by atoms with Gasteiger partial charge in [-0.1, -0.05) is 6.92 Å². The van der Waals surface area contributed by atoms with Crippen molar-refractivity contribution in [2.75, 3.05) is 0 Å². The van der Waals surface area contributed by atoms with Crippen LogP contribution in [-0.4, -0.2) is 19.1 Å². The Hall–Kier alpha value is -2.11. The van der Waals surface area contributed by atoms with Crippen molar-refractivity contribution in [1.29, 1.82) is 0 Å². The number of imidazole rings is 1. The first kappa shape index (κ1) is 11.4. The second-order valence-corrected chi connectivity index (χ2v) is 3.82. The quantitative estimate of drug-likeness (QED) is 0.820. The second kappa shape index (κ2) is 4.82. The van der Waals surface area contributed by atoms with Crippen molar-refractivity contribution in [3.8, 4) is 0 Å². The van der Waals surface area contributed by atoms with Crippen LogP contribution in [0.3, 0.4) is 0 Å². The molecule has 17 heavy (non-hydrogen) atoms. The van der Waals surface area contributed by atoms with Gasteiger partial charge in [-0.2, -0.15) is 0 Å². The third-order valence-electron chi connectivity index (χ3n) is 2.49. The lowest BCUT2D eigenvalue weighted by molar-refractivity contribution is 0.610. The van der Waals surface area contributed by atoms with Crippen LogP contribution in [-0.2, 0) is 13.1 Å². The molecule has 0 bridgehead atoms. The van der Waals surface area contributed by atoms with Crippen molar-refractivity contribution >= 4 is 0 Å². The number of aromatic amines is 1. The third-order valence-corrected chi connectivity index (χ3v) is 2.49. The fourth-order valence-corrected chi connectivity index (χ4v) is 1.67. The average molecular weight is 234 g/mol. The monoisotopic (exact) mass is 234 g/mol. The van der Waals surface area contributed by atoms with E-state index in [1.165, 1.54) is 16.8 Å². The Kier molecular flexibility index (Phi) is 3.22. The van der Waals surface area contributed by atoms with Gasteiger partial charge in [-0.15, -0.1) is 0 Å². The first-order chi connectivity index (χ1) is 8.20. The van der Waals surface area contributed by atoms with Gasteiger partial charge in [-0.3, -0.25) is 14.3 Å². The molecule has 0 fully saturated rings. The van der Waals surface area contributed by atoms with E-state index < -0.39 is 5.69 Å². The van der Waals surface area contributed by atoms with Crippen LogP contribution in [0.25, 0.3) is 0 Å². The van der Waals surface area contributed by atoms with Crippen molar-refractivity contribution in [3.05, 3.63) is 51.3 Å². The van der Waals surface area contributed by atoms with Crippen LogP contribution in [0.1, 0.15) is 19.0 Å². The van der Waals surface area contributed by atoms with Crippen molar-refractivity contribution in [2.45, 2.75) is 26.4 Å². The maximum absolute atomic E-state index is 11.5. The number of rotatable bonds is 4. The molecule has 1 N–H and O–H groups in total. The van der Waals surface area contributed by atoms with Gasteiger partial charge in [-0.25, -0.2) is 9.78 Å². The van der Waals surface area contributed by atoms with Crippen LogP contribution in [0.2, 0.25) is 0 Å². The molecule has 0 saturated carbocycles. The maximum Gasteiger partial charge on any atom is 0.328 e. The summed E-state index contributed by atoms with van der Waals surface area (Å²) in [6.07, 6.45) is 5.97. The Morgan fingerprint density at radius 3 is 2.88 bits per heavy atom. The zero-order valence-corrected chi connectivity index (χ0v) is 9.59. The van der Waals surface area contributed by atoms with Crippen LogP contribution >= 0.6 is 0 Å². The van der Waals surface area contributed by atoms with Gasteiger partial charge in [0.05, 0.1) is 18.6 Å². The number of nitrogens with one attached hydrogen (secondary N) is 1. The van der Waals surface area contributed by atoms with E-state index in [1.807, 2.05) is 4.57 Å². The summed E-state index contributed by atoms with van der Waals surface area (Å²) in [5.74, 6) is 0. The van der Waals surface area contributed by atoms with E-state index in [1.54, 1.807) is 12.5 Å². The first-order valence-electron chi connectivity index (χ1n) is 5.49. The highest BCUT2D eigenvalue weighted by molar-refractivity contribution is 5.00. The molecular formula is C11H14N4O2. The van der Waals surface area contributed by atoms with Crippen LogP contribution in [0, 0.1) is 0 Å². The molecule has 0 radical (unpaired) electrons. The van der Waals surface area contributed by atoms with E-state index >= 15 is 0 Å². The minimum absolute atomic E-state index is 0.381. The van der Waals surface area contributed by atoms with Gasteiger partial charge >= 0.3 is 5.69 Å². The molecule has 90 valence electrons. The highest BCUT2D eigenvalue weighted by Gasteiger charge is 2.03. The van der Waals surface area contributed by atoms with E-state index in [4.69, 9.17) is 0 Å². The molecule has 0 aliphatic heterocycles. The van der Waals surface area contributed by atoms with Gasteiger partial charge in [0.15, 0.2) is 0 Å². The lowest BCUT2D eigenvalue weighted by Crippen LogP contribution is -2.29. The number of aryl methyl sites for hydroxylation is 1. The number of H-pyrrole nitrogens is 1. The highest BCUT2D eigenvalue weighted by atomic mass is 16.2. The van der Waals surface area contributed by atoms with Crippen LogP contribution < -0.4 is 11.2 Å².